The Kier molecular flexibility index (Phi) is 5.38. The first-order valence-corrected chi connectivity index (χ1v) is 9.18. The lowest BCUT2D eigenvalue weighted by Gasteiger charge is -2.07. The number of benzene rings is 2. The first kappa shape index (κ1) is 19.1. The van der Waals surface area contributed by atoms with Gasteiger partial charge < -0.3 is 15.2 Å². The van der Waals surface area contributed by atoms with Gasteiger partial charge in [0.15, 0.2) is 11.3 Å². The van der Waals surface area contributed by atoms with Crippen LogP contribution >= 0.6 is 0 Å². The zero-order valence-electron chi connectivity index (χ0n) is 15.9. The van der Waals surface area contributed by atoms with Crippen LogP contribution in [0.2, 0.25) is 0 Å². The molecular weight excluding hydrogens is 384 g/mol. The molecule has 0 aliphatic rings. The predicted octanol–water partition coefficient (Wildman–Crippen LogP) is 3.03. The van der Waals surface area contributed by atoms with E-state index in [0.717, 1.165) is 11.1 Å². The van der Waals surface area contributed by atoms with Crippen molar-refractivity contribution in [1.29, 1.82) is 0 Å². The Morgan fingerprint density at radius 3 is 2.03 bits per heavy atom. The number of nitrogens with zero attached hydrogens (tertiary/aromatic N) is 3. The summed E-state index contributed by atoms with van der Waals surface area (Å²) in [6.07, 6.45) is 1.31. The molecule has 2 aromatic heterocycles. The second-order valence-electron chi connectivity index (χ2n) is 6.48. The van der Waals surface area contributed by atoms with Crippen LogP contribution in [0.4, 0.5) is 5.82 Å². The summed E-state index contributed by atoms with van der Waals surface area (Å²) in [5.74, 6) is -1.12. The van der Waals surface area contributed by atoms with E-state index in [9.17, 15) is 9.59 Å². The third-order valence-electron chi connectivity index (χ3n) is 4.35. The Bertz CT molecular complexity index is 1190. The number of nitrogen functional groups attached to an aromatic ring is 1. The number of hydrogen-bond acceptors (Lipinski definition) is 7. The highest BCUT2D eigenvalue weighted by atomic mass is 16.5. The van der Waals surface area contributed by atoms with Crippen LogP contribution in [0, 0.1) is 0 Å². The van der Waals surface area contributed by atoms with Crippen LogP contribution in [0.15, 0.2) is 72.9 Å². The monoisotopic (exact) mass is 402 g/mol. The Labute approximate surface area is 171 Å². The third-order valence-corrected chi connectivity index (χ3v) is 4.35. The van der Waals surface area contributed by atoms with Gasteiger partial charge in [0.05, 0.1) is 6.20 Å². The van der Waals surface area contributed by atoms with Crippen molar-refractivity contribution in [2.24, 2.45) is 0 Å². The fourth-order valence-electron chi connectivity index (χ4n) is 2.83. The van der Waals surface area contributed by atoms with Gasteiger partial charge in [0, 0.05) is 6.07 Å². The summed E-state index contributed by atoms with van der Waals surface area (Å²) in [5, 5.41) is 4.06. The van der Waals surface area contributed by atoms with E-state index in [1.54, 1.807) is 0 Å². The van der Waals surface area contributed by atoms with Gasteiger partial charge in [-0.25, -0.2) is 14.6 Å². The van der Waals surface area contributed by atoms with Gasteiger partial charge in [-0.3, -0.25) is 0 Å². The molecule has 0 saturated carbocycles. The summed E-state index contributed by atoms with van der Waals surface area (Å²) >= 11 is 0. The van der Waals surface area contributed by atoms with Crippen LogP contribution in [0.5, 0.6) is 0 Å². The fraction of sp³-hybridized carbons (Fsp3) is 0.0909. The molecule has 2 aromatic carbocycles. The first-order valence-electron chi connectivity index (χ1n) is 9.18. The molecule has 4 rings (SSSR count). The Hall–Kier alpha value is -4.20. The lowest BCUT2D eigenvalue weighted by atomic mass is 10.2. The SMILES string of the molecule is Nc1cc(C(=O)OCc2ccccc2)nc2c(C(=O)OCc3ccccc3)cnn12. The smallest absolute Gasteiger partial charge is 0.357 e. The number of carbonyl (C=O) groups excluding carboxylic acids is 2. The van der Waals surface area contributed by atoms with Gasteiger partial charge in [-0.1, -0.05) is 60.7 Å². The molecule has 0 fully saturated rings. The summed E-state index contributed by atoms with van der Waals surface area (Å²) in [6, 6.07) is 19.9. The largest absolute Gasteiger partial charge is 0.457 e. The highest BCUT2D eigenvalue weighted by Gasteiger charge is 2.20. The van der Waals surface area contributed by atoms with Crippen molar-refractivity contribution in [3.63, 3.8) is 0 Å². The normalized spacial score (nSPS) is 10.7. The van der Waals surface area contributed by atoms with Gasteiger partial charge in [0.1, 0.15) is 24.6 Å². The molecule has 0 aliphatic carbocycles. The summed E-state index contributed by atoms with van der Waals surface area (Å²) in [7, 11) is 0. The molecule has 4 aromatic rings. The molecule has 8 heteroatoms. The van der Waals surface area contributed by atoms with Crippen molar-refractivity contribution in [3.05, 3.63) is 95.3 Å². The maximum Gasteiger partial charge on any atom is 0.357 e. The maximum absolute atomic E-state index is 12.5. The molecule has 0 saturated heterocycles. The van der Waals surface area contributed by atoms with E-state index in [4.69, 9.17) is 15.2 Å². The lowest BCUT2D eigenvalue weighted by Crippen LogP contribution is -2.12. The molecule has 0 spiro atoms. The van der Waals surface area contributed by atoms with Crippen molar-refractivity contribution in [3.8, 4) is 0 Å². The topological polar surface area (TPSA) is 109 Å². The molecule has 0 unspecified atom stereocenters. The first-order chi connectivity index (χ1) is 14.6. The van der Waals surface area contributed by atoms with Gasteiger partial charge in [-0.2, -0.15) is 9.61 Å². The molecule has 0 aliphatic heterocycles. The number of ether oxygens (including phenoxy) is 2. The summed E-state index contributed by atoms with van der Waals surface area (Å²) in [6.45, 7) is 0.197. The van der Waals surface area contributed by atoms with Crippen LogP contribution in [0.1, 0.15) is 32.0 Å². The number of carbonyl (C=O) groups is 2. The molecule has 2 heterocycles. The molecule has 150 valence electrons. The van der Waals surface area contributed by atoms with E-state index in [-0.39, 0.29) is 35.9 Å². The highest BCUT2D eigenvalue weighted by molar-refractivity contribution is 5.97. The fourth-order valence-corrected chi connectivity index (χ4v) is 2.83. The van der Waals surface area contributed by atoms with E-state index < -0.39 is 11.9 Å². The summed E-state index contributed by atoms with van der Waals surface area (Å²) in [5.41, 5.74) is 7.88. The van der Waals surface area contributed by atoms with Crippen molar-refractivity contribution in [2.45, 2.75) is 13.2 Å². The number of hydrogen-bond donors (Lipinski definition) is 1. The number of fused-ring (bicyclic) bond motifs is 1. The molecule has 0 radical (unpaired) electrons. The number of nitrogens with two attached hydrogens (primary N) is 1. The van der Waals surface area contributed by atoms with Crippen LogP contribution in [0.25, 0.3) is 5.65 Å². The van der Waals surface area contributed by atoms with Crippen molar-refractivity contribution >= 4 is 23.4 Å². The lowest BCUT2D eigenvalue weighted by molar-refractivity contribution is 0.0457. The molecule has 0 amide bonds. The Morgan fingerprint density at radius 1 is 0.867 bits per heavy atom. The molecule has 8 nitrogen and oxygen atoms in total. The minimum Gasteiger partial charge on any atom is -0.457 e. The van der Waals surface area contributed by atoms with Crippen LogP contribution in [-0.4, -0.2) is 26.5 Å². The van der Waals surface area contributed by atoms with Crippen LogP contribution in [0.3, 0.4) is 0 Å². The second-order valence-corrected chi connectivity index (χ2v) is 6.48. The molecule has 30 heavy (non-hydrogen) atoms. The highest BCUT2D eigenvalue weighted by Crippen LogP contribution is 2.17. The number of aromatic nitrogens is 3. The maximum atomic E-state index is 12.5. The zero-order chi connectivity index (χ0) is 20.9. The van der Waals surface area contributed by atoms with E-state index in [0.29, 0.717) is 0 Å². The second kappa shape index (κ2) is 8.44. The molecular formula is C22H18N4O4. The molecule has 0 atom stereocenters. The van der Waals surface area contributed by atoms with E-state index in [1.165, 1.54) is 16.8 Å². The molecule has 2 N–H and O–H groups in total. The Balaban J connectivity index is 1.53. The van der Waals surface area contributed by atoms with Crippen LogP contribution < -0.4 is 5.73 Å². The standard InChI is InChI=1S/C22H18N4O4/c23-19-11-18(22(28)30-14-16-9-5-2-6-10-16)25-20-17(12-24-26(19)20)21(27)29-13-15-7-3-1-4-8-15/h1-12H,13-14,23H2. The van der Waals surface area contributed by atoms with Gasteiger partial charge in [-0.05, 0) is 11.1 Å². The van der Waals surface area contributed by atoms with Gasteiger partial charge in [0.2, 0.25) is 0 Å². The van der Waals surface area contributed by atoms with Crippen molar-refractivity contribution in [1.82, 2.24) is 14.6 Å². The molecule has 0 bridgehead atoms. The number of rotatable bonds is 6. The van der Waals surface area contributed by atoms with Crippen molar-refractivity contribution in [2.75, 3.05) is 5.73 Å². The minimum absolute atomic E-state index is 0.0199. The third kappa shape index (κ3) is 4.12. The summed E-state index contributed by atoms with van der Waals surface area (Å²) in [4.78, 5) is 29.2. The van der Waals surface area contributed by atoms with E-state index in [1.807, 2.05) is 60.7 Å². The summed E-state index contributed by atoms with van der Waals surface area (Å²) < 4.78 is 11.9. The van der Waals surface area contributed by atoms with Gasteiger partial charge in [-0.15, -0.1) is 0 Å². The number of esters is 2. The minimum atomic E-state index is -0.655. The Morgan fingerprint density at radius 2 is 1.43 bits per heavy atom. The quantitative estimate of drug-likeness (QED) is 0.494. The van der Waals surface area contributed by atoms with E-state index >= 15 is 0 Å². The van der Waals surface area contributed by atoms with Gasteiger partial charge in [0.25, 0.3) is 0 Å². The zero-order valence-corrected chi connectivity index (χ0v) is 15.9. The van der Waals surface area contributed by atoms with Crippen molar-refractivity contribution < 1.29 is 19.1 Å². The predicted molar refractivity (Wildman–Crippen MR) is 109 cm³/mol. The average molecular weight is 402 g/mol. The number of anilines is 1. The van der Waals surface area contributed by atoms with Gasteiger partial charge >= 0.3 is 11.9 Å². The average Bonchev–Trinajstić information content (AvgIpc) is 3.22. The van der Waals surface area contributed by atoms with E-state index in [2.05, 4.69) is 10.1 Å². The van der Waals surface area contributed by atoms with Crippen LogP contribution in [-0.2, 0) is 22.7 Å².